The number of allylic oxidation sites excluding steroid dienone is 1. The maximum atomic E-state index is 12.2. The minimum absolute atomic E-state index is 0.0679. The van der Waals surface area contributed by atoms with Crippen LogP contribution in [0.4, 0.5) is 0 Å². The quantitative estimate of drug-likeness (QED) is 0.218. The van der Waals surface area contributed by atoms with Crippen LogP contribution in [-0.2, 0) is 9.53 Å². The molecule has 188 valence electrons. The number of fused-ring (bicyclic) bond motifs is 5. The molecule has 0 aromatic rings. The van der Waals surface area contributed by atoms with Gasteiger partial charge in [0.05, 0.1) is 6.54 Å². The van der Waals surface area contributed by atoms with Crippen molar-refractivity contribution in [1.82, 2.24) is 4.90 Å². The second-order valence-corrected chi connectivity index (χ2v) is 13.3. The Morgan fingerprint density at radius 1 is 1.09 bits per heavy atom. The van der Waals surface area contributed by atoms with Gasteiger partial charge in [-0.1, -0.05) is 58.6 Å². The van der Waals surface area contributed by atoms with Crippen LogP contribution >= 0.6 is 0 Å². The Morgan fingerprint density at radius 3 is 2.61 bits per heavy atom. The van der Waals surface area contributed by atoms with Gasteiger partial charge in [0.15, 0.2) is 0 Å². The lowest BCUT2D eigenvalue weighted by molar-refractivity contribution is -0.152. The van der Waals surface area contributed by atoms with Crippen molar-refractivity contribution in [2.75, 3.05) is 20.6 Å². The fraction of sp³-hybridized carbons (Fsp3) is 0.900. The van der Waals surface area contributed by atoms with E-state index in [1.165, 1.54) is 64.2 Å². The maximum Gasteiger partial charge on any atom is 0.320 e. The van der Waals surface area contributed by atoms with Gasteiger partial charge in [0.2, 0.25) is 0 Å². The molecule has 0 bridgehead atoms. The summed E-state index contributed by atoms with van der Waals surface area (Å²) in [5.41, 5.74) is 2.54. The van der Waals surface area contributed by atoms with Gasteiger partial charge in [-0.15, -0.1) is 0 Å². The second-order valence-electron chi connectivity index (χ2n) is 13.3. The van der Waals surface area contributed by atoms with E-state index in [0.29, 0.717) is 17.4 Å². The minimum Gasteiger partial charge on any atom is -0.461 e. The molecular formula is C30H51NO2. The van der Waals surface area contributed by atoms with Crippen LogP contribution in [-0.4, -0.2) is 37.6 Å². The third-order valence-electron chi connectivity index (χ3n) is 10.6. The number of nitrogens with zero attached hydrogens (tertiary/aromatic N) is 1. The molecule has 0 aromatic heterocycles. The smallest absolute Gasteiger partial charge is 0.320 e. The molecule has 3 nitrogen and oxygen atoms in total. The fourth-order valence-electron chi connectivity index (χ4n) is 8.74. The standard InChI is InChI=1S/C30H51NO2/c1-21(2)9-7-8-10-22-12-14-26-25-13-11-23-19-24(33-28(32)20-31(5)6)15-17-30(23,4)27(25)16-18-29(22,26)3/h11,21-22,24-27H,7-10,12-20H2,1-6H3. The summed E-state index contributed by atoms with van der Waals surface area (Å²) >= 11 is 0. The Balaban J connectivity index is 1.40. The van der Waals surface area contributed by atoms with Gasteiger partial charge in [-0.25, -0.2) is 0 Å². The molecule has 4 aliphatic rings. The van der Waals surface area contributed by atoms with Gasteiger partial charge in [-0.2, -0.15) is 0 Å². The number of rotatable bonds is 8. The van der Waals surface area contributed by atoms with Crippen LogP contribution in [0.15, 0.2) is 11.6 Å². The van der Waals surface area contributed by atoms with Crippen molar-refractivity contribution in [2.45, 2.75) is 111 Å². The number of esters is 1. The van der Waals surface area contributed by atoms with Crippen molar-refractivity contribution < 1.29 is 9.53 Å². The van der Waals surface area contributed by atoms with E-state index in [-0.39, 0.29) is 12.1 Å². The zero-order valence-electron chi connectivity index (χ0n) is 22.5. The lowest BCUT2D eigenvalue weighted by atomic mass is 9.47. The topological polar surface area (TPSA) is 29.5 Å². The monoisotopic (exact) mass is 457 g/mol. The largest absolute Gasteiger partial charge is 0.461 e. The highest BCUT2D eigenvalue weighted by molar-refractivity contribution is 5.71. The van der Waals surface area contributed by atoms with Crippen LogP contribution in [0.5, 0.6) is 0 Å². The van der Waals surface area contributed by atoms with Gasteiger partial charge in [0.25, 0.3) is 0 Å². The lowest BCUT2D eigenvalue weighted by Gasteiger charge is -2.58. The molecular weight excluding hydrogens is 406 g/mol. The normalized spacial score (nSPS) is 40.2. The molecule has 3 fully saturated rings. The zero-order chi connectivity index (χ0) is 23.8. The molecule has 0 aliphatic heterocycles. The Morgan fingerprint density at radius 2 is 1.88 bits per heavy atom. The van der Waals surface area contributed by atoms with Crippen LogP contribution in [0.1, 0.15) is 105 Å². The Hall–Kier alpha value is -0.830. The summed E-state index contributed by atoms with van der Waals surface area (Å²) in [6.45, 7) is 10.4. The number of unbranched alkanes of at least 4 members (excludes halogenated alkanes) is 1. The number of hydrogen-bond donors (Lipinski definition) is 0. The lowest BCUT2D eigenvalue weighted by Crippen LogP contribution is -2.50. The first-order valence-corrected chi connectivity index (χ1v) is 14.2. The van der Waals surface area contributed by atoms with E-state index in [2.05, 4.69) is 33.8 Å². The fourth-order valence-corrected chi connectivity index (χ4v) is 8.74. The number of likely N-dealkylation sites (N-methyl/N-ethyl adjacent to an activating group) is 1. The van der Waals surface area contributed by atoms with E-state index in [1.807, 2.05) is 19.0 Å². The van der Waals surface area contributed by atoms with E-state index >= 15 is 0 Å². The van der Waals surface area contributed by atoms with Crippen LogP contribution in [0.2, 0.25) is 0 Å². The molecule has 0 N–H and O–H groups in total. The van der Waals surface area contributed by atoms with Crippen molar-refractivity contribution in [3.8, 4) is 0 Å². The summed E-state index contributed by atoms with van der Waals surface area (Å²) < 4.78 is 5.87. The third kappa shape index (κ3) is 5.09. The molecule has 0 spiro atoms. The van der Waals surface area contributed by atoms with E-state index in [1.54, 1.807) is 5.57 Å². The predicted octanol–water partition coefficient (Wildman–Crippen LogP) is 7.26. The summed E-state index contributed by atoms with van der Waals surface area (Å²) in [6.07, 6.45) is 18.7. The zero-order valence-corrected chi connectivity index (χ0v) is 22.5. The van der Waals surface area contributed by atoms with E-state index in [9.17, 15) is 4.79 Å². The summed E-state index contributed by atoms with van der Waals surface area (Å²) in [5, 5.41) is 0. The van der Waals surface area contributed by atoms with E-state index < -0.39 is 0 Å². The average Bonchev–Trinajstić information content (AvgIpc) is 3.07. The van der Waals surface area contributed by atoms with Crippen molar-refractivity contribution >= 4 is 5.97 Å². The highest BCUT2D eigenvalue weighted by Crippen LogP contribution is 2.66. The molecule has 4 rings (SSSR count). The van der Waals surface area contributed by atoms with Gasteiger partial charge >= 0.3 is 5.97 Å². The molecule has 7 unspecified atom stereocenters. The molecule has 3 heteroatoms. The minimum atomic E-state index is -0.0679. The van der Waals surface area contributed by atoms with Gasteiger partial charge in [-0.3, -0.25) is 9.69 Å². The molecule has 7 atom stereocenters. The van der Waals surface area contributed by atoms with Crippen molar-refractivity contribution in [2.24, 2.45) is 40.4 Å². The van der Waals surface area contributed by atoms with Gasteiger partial charge < -0.3 is 4.74 Å². The number of ether oxygens (including phenoxy) is 1. The van der Waals surface area contributed by atoms with Gasteiger partial charge in [-0.05, 0) is 106 Å². The third-order valence-corrected chi connectivity index (χ3v) is 10.6. The van der Waals surface area contributed by atoms with Crippen molar-refractivity contribution in [1.29, 1.82) is 0 Å². The molecule has 0 heterocycles. The molecule has 0 aromatic carbocycles. The maximum absolute atomic E-state index is 12.2. The number of carbonyl (C=O) groups is 1. The molecule has 3 saturated carbocycles. The van der Waals surface area contributed by atoms with Crippen molar-refractivity contribution in [3.63, 3.8) is 0 Å². The van der Waals surface area contributed by atoms with Gasteiger partial charge in [0.1, 0.15) is 6.10 Å². The summed E-state index contributed by atoms with van der Waals surface area (Å²) in [5.74, 6) is 4.39. The first-order valence-electron chi connectivity index (χ1n) is 14.2. The van der Waals surface area contributed by atoms with E-state index in [0.717, 1.165) is 42.4 Å². The van der Waals surface area contributed by atoms with Crippen molar-refractivity contribution in [3.05, 3.63) is 11.6 Å². The first-order chi connectivity index (χ1) is 15.6. The molecule has 4 aliphatic carbocycles. The Labute approximate surface area is 204 Å². The number of carbonyl (C=O) groups excluding carboxylic acids is 1. The van der Waals surface area contributed by atoms with Gasteiger partial charge in [0, 0.05) is 6.42 Å². The van der Waals surface area contributed by atoms with Crippen LogP contribution < -0.4 is 0 Å². The summed E-state index contributed by atoms with van der Waals surface area (Å²) in [6, 6.07) is 0. The van der Waals surface area contributed by atoms with Crippen LogP contribution in [0.25, 0.3) is 0 Å². The first kappa shape index (κ1) is 25.3. The van der Waals surface area contributed by atoms with E-state index in [4.69, 9.17) is 4.74 Å². The SMILES string of the molecule is CC(C)CCCCC1CCC2C3CC=C4CC(OC(=O)CN(C)C)CCC4(C)C3CCC12C. The molecule has 0 saturated heterocycles. The molecule has 0 amide bonds. The Bertz CT molecular complexity index is 727. The molecule has 0 radical (unpaired) electrons. The van der Waals surface area contributed by atoms with Crippen LogP contribution in [0.3, 0.4) is 0 Å². The second kappa shape index (κ2) is 10.0. The van der Waals surface area contributed by atoms with Crippen LogP contribution in [0, 0.1) is 40.4 Å². The Kier molecular flexibility index (Phi) is 7.68. The predicted molar refractivity (Wildman–Crippen MR) is 137 cm³/mol. The summed E-state index contributed by atoms with van der Waals surface area (Å²) in [4.78, 5) is 14.1. The number of hydrogen-bond acceptors (Lipinski definition) is 3. The highest BCUT2D eigenvalue weighted by Gasteiger charge is 2.58. The molecule has 33 heavy (non-hydrogen) atoms. The highest BCUT2D eigenvalue weighted by atomic mass is 16.5. The summed E-state index contributed by atoms with van der Waals surface area (Å²) in [7, 11) is 3.86. The average molecular weight is 458 g/mol.